The van der Waals surface area contributed by atoms with Gasteiger partial charge in [-0.25, -0.2) is 4.79 Å². The Hall–Kier alpha value is -2.18. The fourth-order valence-corrected chi connectivity index (χ4v) is 2.16. The predicted molar refractivity (Wildman–Crippen MR) is 68.5 cm³/mol. The van der Waals surface area contributed by atoms with Crippen molar-refractivity contribution in [3.63, 3.8) is 0 Å². The summed E-state index contributed by atoms with van der Waals surface area (Å²) >= 11 is 0. The molecule has 0 radical (unpaired) electrons. The maximum Gasteiger partial charge on any atom is 0.430 e. The highest BCUT2D eigenvalue weighted by molar-refractivity contribution is 5.95. The van der Waals surface area contributed by atoms with Gasteiger partial charge in [0.25, 0.3) is 0 Å². The second-order valence-corrected chi connectivity index (χ2v) is 4.50. The lowest BCUT2D eigenvalue weighted by Crippen LogP contribution is -2.40. The van der Waals surface area contributed by atoms with E-state index in [1.165, 1.54) is 13.2 Å². The summed E-state index contributed by atoms with van der Waals surface area (Å²) in [4.78, 5) is 11.1. The molecule has 1 aromatic rings. The summed E-state index contributed by atoms with van der Waals surface area (Å²) in [5.74, 6) is -1.19. The molecule has 0 saturated heterocycles. The molecule has 0 amide bonds. The number of fused-ring (bicyclic) bond motifs is 1. The molecule has 0 bridgehead atoms. The van der Waals surface area contributed by atoms with Gasteiger partial charge < -0.3 is 14.6 Å². The Morgan fingerprint density at radius 3 is 2.57 bits per heavy atom. The van der Waals surface area contributed by atoms with Crippen molar-refractivity contribution in [2.45, 2.75) is 25.6 Å². The van der Waals surface area contributed by atoms with Crippen LogP contribution in [0.2, 0.25) is 0 Å². The van der Waals surface area contributed by atoms with Gasteiger partial charge in [-0.2, -0.15) is 13.2 Å². The van der Waals surface area contributed by atoms with E-state index in [2.05, 4.69) is 0 Å². The number of hydrogen-bond acceptors (Lipinski definition) is 3. The average molecular weight is 302 g/mol. The molecule has 1 atom stereocenters. The van der Waals surface area contributed by atoms with Gasteiger partial charge in [-0.1, -0.05) is 6.92 Å². The maximum absolute atomic E-state index is 13.0. The quantitative estimate of drug-likeness (QED) is 0.932. The summed E-state index contributed by atoms with van der Waals surface area (Å²) in [7, 11) is 1.42. The lowest BCUT2D eigenvalue weighted by Gasteiger charge is -2.28. The number of carbonyl (C=O) groups is 1. The minimum atomic E-state index is -4.80. The lowest BCUT2D eigenvalue weighted by molar-refractivity contribution is -0.187. The highest BCUT2D eigenvalue weighted by atomic mass is 19.4. The van der Waals surface area contributed by atoms with Crippen molar-refractivity contribution in [2.24, 2.45) is 0 Å². The van der Waals surface area contributed by atoms with Crippen molar-refractivity contribution < 1.29 is 32.5 Å². The van der Waals surface area contributed by atoms with Gasteiger partial charge >= 0.3 is 12.1 Å². The number of methoxy groups -OCH3 is 1. The van der Waals surface area contributed by atoms with Crippen molar-refractivity contribution in [1.82, 2.24) is 0 Å². The van der Waals surface area contributed by atoms with E-state index in [0.29, 0.717) is 17.7 Å². The summed E-state index contributed by atoms with van der Waals surface area (Å²) in [6, 6.07) is 3.02. The van der Waals surface area contributed by atoms with Crippen LogP contribution in [0, 0.1) is 0 Å². The van der Waals surface area contributed by atoms with Crippen LogP contribution >= 0.6 is 0 Å². The van der Waals surface area contributed by atoms with Crippen LogP contribution in [-0.2, 0) is 11.2 Å². The molecule has 1 aliphatic rings. The predicted octanol–water partition coefficient (Wildman–Crippen LogP) is 3.05. The first-order chi connectivity index (χ1) is 9.77. The minimum absolute atomic E-state index is 0.0469. The molecule has 0 saturated carbocycles. The summed E-state index contributed by atoms with van der Waals surface area (Å²) in [6.45, 7) is 1.76. The topological polar surface area (TPSA) is 55.8 Å². The van der Waals surface area contributed by atoms with Crippen LogP contribution in [-0.4, -0.2) is 30.5 Å². The summed E-state index contributed by atoms with van der Waals surface area (Å²) < 4.78 is 48.9. The molecule has 1 N–H and O–H groups in total. The number of carboxylic acids is 1. The molecule has 0 fully saturated rings. The van der Waals surface area contributed by atoms with Gasteiger partial charge in [0.05, 0.1) is 12.7 Å². The van der Waals surface area contributed by atoms with E-state index in [1.54, 1.807) is 13.0 Å². The van der Waals surface area contributed by atoms with Crippen LogP contribution in [0.1, 0.15) is 18.1 Å². The number of halogens is 3. The Morgan fingerprint density at radius 1 is 1.43 bits per heavy atom. The second kappa shape index (κ2) is 5.31. The molecule has 0 unspecified atom stereocenters. The number of rotatable bonds is 3. The molecule has 1 aromatic carbocycles. The molecular weight excluding hydrogens is 289 g/mol. The Labute approximate surface area is 118 Å². The van der Waals surface area contributed by atoms with Gasteiger partial charge in [0.15, 0.2) is 0 Å². The van der Waals surface area contributed by atoms with Crippen LogP contribution in [0.3, 0.4) is 0 Å². The first kappa shape index (κ1) is 15.2. The van der Waals surface area contributed by atoms with Gasteiger partial charge in [0, 0.05) is 5.56 Å². The number of aliphatic carboxylic acids is 1. The van der Waals surface area contributed by atoms with E-state index < -0.39 is 23.8 Å². The average Bonchev–Trinajstić information content (AvgIpc) is 2.43. The van der Waals surface area contributed by atoms with Crippen LogP contribution in [0.25, 0.3) is 6.08 Å². The van der Waals surface area contributed by atoms with Gasteiger partial charge in [-0.3, -0.25) is 0 Å². The normalized spacial score (nSPS) is 17.6. The minimum Gasteiger partial charge on any atom is -0.497 e. The van der Waals surface area contributed by atoms with E-state index in [1.807, 2.05) is 0 Å². The van der Waals surface area contributed by atoms with Crippen LogP contribution < -0.4 is 9.47 Å². The van der Waals surface area contributed by atoms with E-state index in [4.69, 9.17) is 14.6 Å². The zero-order valence-corrected chi connectivity index (χ0v) is 11.3. The van der Waals surface area contributed by atoms with E-state index in [0.717, 1.165) is 6.08 Å². The molecule has 4 nitrogen and oxygen atoms in total. The zero-order chi connectivity index (χ0) is 15.8. The lowest BCUT2D eigenvalue weighted by atomic mass is 9.97. The number of aryl methyl sites for hydroxylation is 1. The Bertz CT molecular complexity index is 605. The molecule has 0 aromatic heterocycles. The number of ether oxygens (including phenoxy) is 2. The Kier molecular flexibility index (Phi) is 3.85. The van der Waals surface area contributed by atoms with Crippen LogP contribution in [0.15, 0.2) is 17.7 Å². The highest BCUT2D eigenvalue weighted by Crippen LogP contribution is 2.41. The molecule has 114 valence electrons. The van der Waals surface area contributed by atoms with E-state index >= 15 is 0 Å². The first-order valence-corrected chi connectivity index (χ1v) is 6.17. The molecule has 1 heterocycles. The van der Waals surface area contributed by atoms with Crippen molar-refractivity contribution in [3.05, 3.63) is 28.8 Å². The Balaban J connectivity index is 2.62. The second-order valence-electron chi connectivity index (χ2n) is 4.50. The zero-order valence-electron chi connectivity index (χ0n) is 11.3. The number of alkyl halides is 3. The van der Waals surface area contributed by atoms with Crippen molar-refractivity contribution in [1.29, 1.82) is 0 Å². The van der Waals surface area contributed by atoms with Crippen LogP contribution in [0.4, 0.5) is 13.2 Å². The molecule has 7 heteroatoms. The summed E-state index contributed by atoms with van der Waals surface area (Å²) in [6.07, 6.45) is -5.85. The molecular formula is C14H13F3O4. The fourth-order valence-electron chi connectivity index (χ4n) is 2.16. The third-order valence-electron chi connectivity index (χ3n) is 3.16. The maximum atomic E-state index is 13.0. The number of carboxylic acid groups (broad SMARTS) is 1. The molecule has 21 heavy (non-hydrogen) atoms. The summed E-state index contributed by atoms with van der Waals surface area (Å²) in [5.41, 5.74) is -0.0475. The molecule has 0 spiro atoms. The van der Waals surface area contributed by atoms with Crippen molar-refractivity contribution in [2.75, 3.05) is 7.11 Å². The standard InChI is InChI=1S/C14H13F3O4/c1-3-7-4-9(20-2)5-8-6-10(13(18)19)12(14(15,16)17)21-11(7)8/h4-6,12H,3H2,1-2H3,(H,18,19)/t12-/m0/s1. The van der Waals surface area contributed by atoms with Crippen LogP contribution in [0.5, 0.6) is 11.5 Å². The molecule has 2 rings (SSSR count). The van der Waals surface area contributed by atoms with Gasteiger partial charge in [-0.15, -0.1) is 0 Å². The third-order valence-corrected chi connectivity index (χ3v) is 3.16. The third kappa shape index (κ3) is 2.81. The summed E-state index contributed by atoms with van der Waals surface area (Å²) in [5, 5.41) is 8.97. The number of benzene rings is 1. The fraction of sp³-hybridized carbons (Fsp3) is 0.357. The van der Waals surface area contributed by atoms with Gasteiger partial charge in [0.2, 0.25) is 6.10 Å². The largest absolute Gasteiger partial charge is 0.497 e. The van der Waals surface area contributed by atoms with Crippen molar-refractivity contribution >= 4 is 12.0 Å². The molecule has 0 aliphatic carbocycles. The monoisotopic (exact) mass is 302 g/mol. The smallest absolute Gasteiger partial charge is 0.430 e. The Morgan fingerprint density at radius 2 is 2.10 bits per heavy atom. The SMILES string of the molecule is CCc1cc(OC)cc2c1O[C@H](C(F)(F)F)C(C(=O)O)=C2. The van der Waals surface area contributed by atoms with Crippen molar-refractivity contribution in [3.8, 4) is 11.5 Å². The highest BCUT2D eigenvalue weighted by Gasteiger charge is 2.48. The van der Waals surface area contributed by atoms with E-state index in [-0.39, 0.29) is 11.3 Å². The molecule has 1 aliphatic heterocycles. The van der Waals surface area contributed by atoms with Gasteiger partial charge in [-0.05, 0) is 30.2 Å². The first-order valence-electron chi connectivity index (χ1n) is 6.17. The number of hydrogen-bond donors (Lipinski definition) is 1. The van der Waals surface area contributed by atoms with E-state index in [9.17, 15) is 18.0 Å². The van der Waals surface area contributed by atoms with Gasteiger partial charge in [0.1, 0.15) is 11.5 Å².